The van der Waals surface area contributed by atoms with Crippen molar-refractivity contribution in [3.8, 4) is 22.9 Å². The monoisotopic (exact) mass is 408 g/mol. The molecule has 1 aromatic carbocycles. The number of phenols is 2. The summed E-state index contributed by atoms with van der Waals surface area (Å²) < 4.78 is 7.33. The van der Waals surface area contributed by atoms with Crippen LogP contribution < -0.4 is 0 Å². The molecule has 0 amide bonds. The van der Waals surface area contributed by atoms with Gasteiger partial charge in [0.15, 0.2) is 28.3 Å². The summed E-state index contributed by atoms with van der Waals surface area (Å²) in [6, 6.07) is 11.3. The van der Waals surface area contributed by atoms with Crippen molar-refractivity contribution in [3.05, 3.63) is 72.4 Å². The van der Waals surface area contributed by atoms with Crippen LogP contribution in [0.5, 0.6) is 11.5 Å². The summed E-state index contributed by atoms with van der Waals surface area (Å²) in [5, 5.41) is 28.1. The SMILES string of the molecule is O=C(CSc1nnc(-c2ccncc2)n1Cc1ccco1)c1ccc(O)c(O)c1. The fraction of sp³-hybridized carbons (Fsp3) is 0.100. The molecule has 0 aliphatic heterocycles. The molecule has 0 spiro atoms. The molecule has 3 aromatic heterocycles. The van der Waals surface area contributed by atoms with Crippen molar-refractivity contribution in [1.29, 1.82) is 0 Å². The Bertz CT molecular complexity index is 1130. The minimum atomic E-state index is -0.332. The first-order valence-electron chi connectivity index (χ1n) is 8.66. The number of hydrogen-bond donors (Lipinski definition) is 2. The number of carbonyl (C=O) groups excluding carboxylic acids is 1. The Balaban J connectivity index is 1.58. The molecular formula is C20H16N4O4S. The highest BCUT2D eigenvalue weighted by Gasteiger charge is 2.18. The second kappa shape index (κ2) is 8.19. The molecule has 0 atom stereocenters. The number of ketones is 1. The lowest BCUT2D eigenvalue weighted by molar-refractivity contribution is 0.102. The lowest BCUT2D eigenvalue weighted by Crippen LogP contribution is -2.06. The average molecular weight is 408 g/mol. The van der Waals surface area contributed by atoms with Gasteiger partial charge in [-0.3, -0.25) is 14.3 Å². The van der Waals surface area contributed by atoms with Crippen molar-refractivity contribution in [2.75, 3.05) is 5.75 Å². The third-order valence-electron chi connectivity index (χ3n) is 4.18. The first-order chi connectivity index (χ1) is 14.1. The number of aromatic nitrogens is 4. The number of furan rings is 1. The van der Waals surface area contributed by atoms with Gasteiger partial charge in [-0.05, 0) is 42.5 Å². The molecule has 4 aromatic rings. The number of Topliss-reactive ketones (excluding diaryl/α,β-unsaturated/α-hetero) is 1. The number of nitrogens with zero attached hydrogens (tertiary/aromatic N) is 4. The fourth-order valence-corrected chi connectivity index (χ4v) is 3.55. The molecule has 29 heavy (non-hydrogen) atoms. The van der Waals surface area contributed by atoms with E-state index >= 15 is 0 Å². The van der Waals surface area contributed by atoms with Crippen LogP contribution in [0.3, 0.4) is 0 Å². The number of rotatable bonds is 7. The quantitative estimate of drug-likeness (QED) is 0.272. The van der Waals surface area contributed by atoms with Gasteiger partial charge in [-0.25, -0.2) is 0 Å². The van der Waals surface area contributed by atoms with Crippen LogP contribution in [0, 0.1) is 0 Å². The van der Waals surface area contributed by atoms with Gasteiger partial charge in [0.2, 0.25) is 0 Å². The van der Waals surface area contributed by atoms with Gasteiger partial charge >= 0.3 is 0 Å². The summed E-state index contributed by atoms with van der Waals surface area (Å²) in [4.78, 5) is 16.5. The van der Waals surface area contributed by atoms with E-state index < -0.39 is 0 Å². The number of pyridine rings is 1. The van der Waals surface area contributed by atoms with Crippen LogP contribution in [0.2, 0.25) is 0 Å². The number of thioether (sulfide) groups is 1. The van der Waals surface area contributed by atoms with Gasteiger partial charge < -0.3 is 14.6 Å². The fourth-order valence-electron chi connectivity index (χ4n) is 2.72. The molecule has 9 heteroatoms. The lowest BCUT2D eigenvalue weighted by atomic mass is 10.1. The Hall–Kier alpha value is -3.59. The number of aromatic hydroxyl groups is 2. The van der Waals surface area contributed by atoms with Crippen LogP contribution in [-0.2, 0) is 6.54 Å². The van der Waals surface area contributed by atoms with Gasteiger partial charge in [0, 0.05) is 23.5 Å². The molecule has 146 valence electrons. The van der Waals surface area contributed by atoms with Crippen LogP contribution in [0.15, 0.2) is 70.7 Å². The van der Waals surface area contributed by atoms with E-state index in [1.807, 2.05) is 22.8 Å². The summed E-state index contributed by atoms with van der Waals surface area (Å²) >= 11 is 1.24. The molecule has 0 saturated carbocycles. The average Bonchev–Trinajstić information content (AvgIpc) is 3.39. The number of phenolic OH excluding ortho intramolecular Hbond substituents is 2. The lowest BCUT2D eigenvalue weighted by Gasteiger charge is -2.09. The zero-order valence-corrected chi connectivity index (χ0v) is 15.9. The number of carbonyl (C=O) groups is 1. The minimum absolute atomic E-state index is 0.0941. The Morgan fingerprint density at radius 3 is 2.62 bits per heavy atom. The van der Waals surface area contributed by atoms with E-state index in [1.54, 1.807) is 24.7 Å². The van der Waals surface area contributed by atoms with Crippen molar-refractivity contribution in [1.82, 2.24) is 19.7 Å². The maximum absolute atomic E-state index is 12.5. The molecule has 0 unspecified atom stereocenters. The Kier molecular flexibility index (Phi) is 5.30. The summed E-state index contributed by atoms with van der Waals surface area (Å²) in [6.45, 7) is 0.411. The zero-order valence-electron chi connectivity index (χ0n) is 15.1. The van der Waals surface area contributed by atoms with E-state index in [0.717, 1.165) is 11.3 Å². The van der Waals surface area contributed by atoms with E-state index in [0.29, 0.717) is 23.1 Å². The van der Waals surface area contributed by atoms with Gasteiger partial charge in [0.05, 0.1) is 18.6 Å². The molecule has 3 heterocycles. The molecule has 0 saturated heterocycles. The predicted octanol–water partition coefficient (Wildman–Crippen LogP) is 3.37. The molecule has 0 radical (unpaired) electrons. The van der Waals surface area contributed by atoms with Gasteiger partial charge in [-0.2, -0.15) is 0 Å². The van der Waals surface area contributed by atoms with Crippen LogP contribution in [0.1, 0.15) is 16.1 Å². The van der Waals surface area contributed by atoms with Crippen molar-refractivity contribution >= 4 is 17.5 Å². The second-order valence-corrected chi connectivity index (χ2v) is 7.07. The van der Waals surface area contributed by atoms with E-state index in [-0.39, 0.29) is 23.0 Å². The molecule has 0 bridgehead atoms. The molecule has 2 N–H and O–H groups in total. The summed E-state index contributed by atoms with van der Waals surface area (Å²) in [6.07, 6.45) is 4.95. The highest BCUT2D eigenvalue weighted by Crippen LogP contribution is 2.28. The van der Waals surface area contributed by atoms with E-state index in [9.17, 15) is 15.0 Å². The molecular weight excluding hydrogens is 392 g/mol. The normalized spacial score (nSPS) is 10.9. The van der Waals surface area contributed by atoms with E-state index in [4.69, 9.17) is 4.42 Å². The minimum Gasteiger partial charge on any atom is -0.504 e. The molecule has 0 fully saturated rings. The van der Waals surface area contributed by atoms with Crippen LogP contribution >= 0.6 is 11.8 Å². The Labute approximate surface area is 169 Å². The predicted molar refractivity (Wildman–Crippen MR) is 106 cm³/mol. The van der Waals surface area contributed by atoms with Crippen molar-refractivity contribution in [3.63, 3.8) is 0 Å². The van der Waals surface area contributed by atoms with Gasteiger partial charge in [-0.1, -0.05) is 11.8 Å². The number of benzene rings is 1. The standard InChI is InChI=1S/C20H16N4O4S/c25-16-4-3-14(10-17(16)26)18(27)12-29-20-23-22-19(13-5-7-21-8-6-13)24(20)11-15-2-1-9-28-15/h1-10,25-26H,11-12H2. The first kappa shape index (κ1) is 18.8. The highest BCUT2D eigenvalue weighted by molar-refractivity contribution is 7.99. The summed E-state index contributed by atoms with van der Waals surface area (Å²) in [5.41, 5.74) is 1.15. The molecule has 8 nitrogen and oxygen atoms in total. The zero-order chi connectivity index (χ0) is 20.2. The van der Waals surface area contributed by atoms with Crippen LogP contribution in [0.25, 0.3) is 11.4 Å². The summed E-state index contributed by atoms with van der Waals surface area (Å²) in [7, 11) is 0. The largest absolute Gasteiger partial charge is 0.504 e. The number of hydrogen-bond acceptors (Lipinski definition) is 8. The van der Waals surface area contributed by atoms with Crippen molar-refractivity contribution < 1.29 is 19.4 Å². The second-order valence-electron chi connectivity index (χ2n) is 6.12. The van der Waals surface area contributed by atoms with E-state index in [1.165, 1.54) is 30.0 Å². The third-order valence-corrected chi connectivity index (χ3v) is 5.15. The van der Waals surface area contributed by atoms with Crippen molar-refractivity contribution in [2.45, 2.75) is 11.7 Å². The topological polar surface area (TPSA) is 114 Å². The van der Waals surface area contributed by atoms with E-state index in [2.05, 4.69) is 15.2 Å². The van der Waals surface area contributed by atoms with Gasteiger partial charge in [-0.15, -0.1) is 10.2 Å². The summed E-state index contributed by atoms with van der Waals surface area (Å²) in [5.74, 6) is 0.661. The van der Waals surface area contributed by atoms with Crippen LogP contribution in [-0.4, -0.2) is 41.5 Å². The molecule has 0 aliphatic carbocycles. The van der Waals surface area contributed by atoms with Crippen LogP contribution in [0.4, 0.5) is 0 Å². The Morgan fingerprint density at radius 1 is 1.07 bits per heavy atom. The van der Waals surface area contributed by atoms with Gasteiger partial charge in [0.1, 0.15) is 5.76 Å². The molecule has 4 rings (SSSR count). The van der Waals surface area contributed by atoms with Crippen molar-refractivity contribution in [2.24, 2.45) is 0 Å². The maximum atomic E-state index is 12.5. The smallest absolute Gasteiger partial charge is 0.192 e. The Morgan fingerprint density at radius 2 is 1.90 bits per heavy atom. The third kappa shape index (κ3) is 4.14. The van der Waals surface area contributed by atoms with Gasteiger partial charge in [0.25, 0.3) is 0 Å². The first-order valence-corrected chi connectivity index (χ1v) is 9.64. The maximum Gasteiger partial charge on any atom is 0.192 e. The highest BCUT2D eigenvalue weighted by atomic mass is 32.2. The molecule has 0 aliphatic rings.